The Hall–Kier alpha value is -2.99. The molecule has 0 unspecified atom stereocenters. The quantitative estimate of drug-likeness (QED) is 0.577. The summed E-state index contributed by atoms with van der Waals surface area (Å²) in [4.78, 5) is 6.43. The van der Waals surface area contributed by atoms with Crippen LogP contribution in [-0.2, 0) is 6.54 Å². The van der Waals surface area contributed by atoms with Gasteiger partial charge in [-0.25, -0.2) is 4.39 Å². The maximum atomic E-state index is 14.4. The zero-order chi connectivity index (χ0) is 18.9. The van der Waals surface area contributed by atoms with Crippen LogP contribution in [0.1, 0.15) is 18.5 Å². The fourth-order valence-electron chi connectivity index (χ4n) is 3.90. The Bertz CT molecular complexity index is 1120. The Labute approximate surface area is 162 Å². The Morgan fingerprint density at radius 3 is 2.86 bits per heavy atom. The highest BCUT2D eigenvalue weighted by Crippen LogP contribution is 2.27. The summed E-state index contributed by atoms with van der Waals surface area (Å²) in [7, 11) is 0. The highest BCUT2D eigenvalue weighted by atomic mass is 19.1. The molecule has 0 atom stereocenters. The van der Waals surface area contributed by atoms with E-state index in [2.05, 4.69) is 26.1 Å². The van der Waals surface area contributed by atoms with Crippen LogP contribution >= 0.6 is 0 Å². The van der Waals surface area contributed by atoms with E-state index in [1.165, 1.54) is 11.5 Å². The van der Waals surface area contributed by atoms with Gasteiger partial charge in [-0.05, 0) is 42.5 Å². The lowest BCUT2D eigenvalue weighted by molar-refractivity contribution is 0.0932. The van der Waals surface area contributed by atoms with E-state index in [1.807, 2.05) is 24.3 Å². The lowest BCUT2D eigenvalue weighted by Crippen LogP contribution is -2.38. The second-order valence-electron chi connectivity index (χ2n) is 7.32. The number of hydrogen-bond acceptors (Lipinski definition) is 4. The van der Waals surface area contributed by atoms with E-state index in [-0.39, 0.29) is 11.9 Å². The molecule has 0 radical (unpaired) electrons. The van der Waals surface area contributed by atoms with Gasteiger partial charge in [-0.1, -0.05) is 18.2 Å². The molecular weight excluding hydrogens is 355 g/mol. The molecule has 142 valence electrons. The first-order valence-corrected chi connectivity index (χ1v) is 9.60. The minimum Gasteiger partial charge on any atom is -0.487 e. The fourth-order valence-corrected chi connectivity index (χ4v) is 3.90. The van der Waals surface area contributed by atoms with Crippen molar-refractivity contribution >= 4 is 21.7 Å². The van der Waals surface area contributed by atoms with E-state index in [0.717, 1.165) is 54.5 Å². The number of likely N-dealkylation sites (tertiary alicyclic amines) is 1. The van der Waals surface area contributed by atoms with Crippen LogP contribution in [0.15, 0.2) is 54.9 Å². The molecule has 3 heterocycles. The number of fused-ring (bicyclic) bond motifs is 2. The highest BCUT2D eigenvalue weighted by molar-refractivity contribution is 5.83. The summed E-state index contributed by atoms with van der Waals surface area (Å²) in [6.07, 6.45) is 5.16. The number of nitrogens with one attached hydrogen (secondary N) is 1. The fraction of sp³-hybridized carbons (Fsp3) is 0.273. The monoisotopic (exact) mass is 376 g/mol. The molecule has 5 rings (SSSR count). The third-order valence-corrected chi connectivity index (χ3v) is 5.44. The summed E-state index contributed by atoms with van der Waals surface area (Å²) >= 11 is 0. The number of rotatable bonds is 4. The van der Waals surface area contributed by atoms with Gasteiger partial charge in [0.1, 0.15) is 6.10 Å². The summed E-state index contributed by atoms with van der Waals surface area (Å²) in [5, 5.41) is 10.4. The number of benzene rings is 2. The van der Waals surface area contributed by atoms with Crippen LogP contribution < -0.4 is 4.74 Å². The largest absolute Gasteiger partial charge is 0.487 e. The molecule has 0 amide bonds. The molecule has 4 aromatic rings. The van der Waals surface area contributed by atoms with Crippen molar-refractivity contribution in [3.63, 3.8) is 0 Å². The number of H-pyrrole nitrogens is 1. The average Bonchev–Trinajstić information content (AvgIpc) is 3.13. The van der Waals surface area contributed by atoms with E-state index in [1.54, 1.807) is 18.5 Å². The van der Waals surface area contributed by atoms with Crippen molar-refractivity contribution in [2.75, 3.05) is 13.1 Å². The third kappa shape index (κ3) is 3.31. The highest BCUT2D eigenvalue weighted by Gasteiger charge is 2.22. The standard InChI is InChI=1S/C22H21FN4O/c23-19-11-16-13-24-8-5-15(16)12-22(19)28-17-6-9-27(10-7-17)14-21-18-3-1-2-4-20(18)25-26-21/h1-5,8,11-13,17H,6-7,9-10,14H2,(H,25,26). The molecule has 0 spiro atoms. The topological polar surface area (TPSA) is 54.0 Å². The van der Waals surface area contributed by atoms with Crippen molar-refractivity contribution in [1.82, 2.24) is 20.1 Å². The van der Waals surface area contributed by atoms with Gasteiger partial charge in [-0.2, -0.15) is 5.10 Å². The SMILES string of the molecule is Fc1cc2cnccc2cc1OC1CCN(Cc2[nH]nc3ccccc23)CC1. The van der Waals surface area contributed by atoms with E-state index in [9.17, 15) is 4.39 Å². The molecule has 1 fully saturated rings. The Morgan fingerprint density at radius 2 is 1.96 bits per heavy atom. The zero-order valence-electron chi connectivity index (χ0n) is 15.4. The number of para-hydroxylation sites is 1. The Balaban J connectivity index is 1.23. The lowest BCUT2D eigenvalue weighted by atomic mass is 10.1. The number of ether oxygens (including phenoxy) is 1. The van der Waals surface area contributed by atoms with Crippen LogP contribution in [-0.4, -0.2) is 39.3 Å². The average molecular weight is 376 g/mol. The molecule has 1 saturated heterocycles. The van der Waals surface area contributed by atoms with E-state index < -0.39 is 0 Å². The van der Waals surface area contributed by atoms with Gasteiger partial charge >= 0.3 is 0 Å². The molecule has 0 saturated carbocycles. The predicted octanol–water partition coefficient (Wildman–Crippen LogP) is 4.29. The van der Waals surface area contributed by atoms with Gasteiger partial charge in [0.2, 0.25) is 0 Å². The second kappa shape index (κ2) is 7.20. The summed E-state index contributed by atoms with van der Waals surface area (Å²) in [6, 6.07) is 13.3. The molecule has 0 aliphatic carbocycles. The predicted molar refractivity (Wildman–Crippen MR) is 107 cm³/mol. The van der Waals surface area contributed by atoms with Gasteiger partial charge in [-0.15, -0.1) is 0 Å². The van der Waals surface area contributed by atoms with E-state index in [0.29, 0.717) is 5.75 Å². The number of aromatic amines is 1. The summed E-state index contributed by atoms with van der Waals surface area (Å²) in [5.41, 5.74) is 2.14. The summed E-state index contributed by atoms with van der Waals surface area (Å²) in [6.45, 7) is 2.67. The smallest absolute Gasteiger partial charge is 0.165 e. The molecule has 28 heavy (non-hydrogen) atoms. The zero-order valence-corrected chi connectivity index (χ0v) is 15.4. The number of pyridine rings is 1. The molecule has 5 nitrogen and oxygen atoms in total. The second-order valence-corrected chi connectivity index (χ2v) is 7.32. The van der Waals surface area contributed by atoms with Gasteiger partial charge in [0, 0.05) is 42.8 Å². The molecule has 6 heteroatoms. The van der Waals surface area contributed by atoms with Crippen molar-refractivity contribution in [1.29, 1.82) is 0 Å². The number of hydrogen-bond donors (Lipinski definition) is 1. The first kappa shape index (κ1) is 17.1. The number of nitrogens with zero attached hydrogens (tertiary/aromatic N) is 3. The van der Waals surface area contributed by atoms with Crippen molar-refractivity contribution in [3.05, 3.63) is 66.4 Å². The minimum atomic E-state index is -0.327. The van der Waals surface area contributed by atoms with Crippen molar-refractivity contribution < 1.29 is 9.13 Å². The molecule has 1 aliphatic heterocycles. The van der Waals surface area contributed by atoms with Crippen molar-refractivity contribution in [3.8, 4) is 5.75 Å². The van der Waals surface area contributed by atoms with Crippen molar-refractivity contribution in [2.24, 2.45) is 0 Å². The van der Waals surface area contributed by atoms with Gasteiger partial charge in [-0.3, -0.25) is 15.0 Å². The number of piperidine rings is 1. The first-order chi connectivity index (χ1) is 13.8. The van der Waals surface area contributed by atoms with Crippen molar-refractivity contribution in [2.45, 2.75) is 25.5 Å². The van der Waals surface area contributed by atoms with Crippen LogP contribution in [0.4, 0.5) is 4.39 Å². The van der Waals surface area contributed by atoms with Gasteiger partial charge in [0.25, 0.3) is 0 Å². The molecule has 0 bridgehead atoms. The minimum absolute atomic E-state index is 0.0311. The lowest BCUT2D eigenvalue weighted by Gasteiger charge is -2.32. The maximum absolute atomic E-state index is 14.4. The first-order valence-electron chi connectivity index (χ1n) is 9.60. The normalized spacial score (nSPS) is 16.0. The molecular formula is C22H21FN4O. The van der Waals surface area contributed by atoms with E-state index >= 15 is 0 Å². The number of aromatic nitrogens is 3. The molecule has 1 aliphatic rings. The van der Waals surface area contributed by atoms with Crippen LogP contribution in [0.25, 0.3) is 21.7 Å². The Kier molecular flexibility index (Phi) is 4.41. The summed E-state index contributed by atoms with van der Waals surface area (Å²) in [5.74, 6) is 0.00331. The number of halogens is 1. The molecule has 1 N–H and O–H groups in total. The maximum Gasteiger partial charge on any atom is 0.165 e. The molecule has 2 aromatic heterocycles. The van der Waals surface area contributed by atoms with Crippen LogP contribution in [0.2, 0.25) is 0 Å². The van der Waals surface area contributed by atoms with Crippen LogP contribution in [0.5, 0.6) is 5.75 Å². The Morgan fingerprint density at radius 1 is 1.11 bits per heavy atom. The van der Waals surface area contributed by atoms with Gasteiger partial charge in [0.05, 0.1) is 11.2 Å². The summed E-state index contributed by atoms with van der Waals surface area (Å²) < 4.78 is 20.4. The molecule has 2 aromatic carbocycles. The van der Waals surface area contributed by atoms with Gasteiger partial charge < -0.3 is 4.74 Å². The third-order valence-electron chi connectivity index (χ3n) is 5.44. The van der Waals surface area contributed by atoms with Crippen LogP contribution in [0.3, 0.4) is 0 Å². The van der Waals surface area contributed by atoms with E-state index in [4.69, 9.17) is 4.74 Å². The van der Waals surface area contributed by atoms with Crippen LogP contribution in [0, 0.1) is 5.82 Å². The van der Waals surface area contributed by atoms with Gasteiger partial charge in [0.15, 0.2) is 11.6 Å².